The van der Waals surface area contributed by atoms with Crippen LogP contribution in [0, 0.1) is 6.92 Å². The van der Waals surface area contributed by atoms with Crippen LogP contribution in [0.1, 0.15) is 24.2 Å². The van der Waals surface area contributed by atoms with Crippen LogP contribution < -0.4 is 5.56 Å². The van der Waals surface area contributed by atoms with Gasteiger partial charge < -0.3 is 0 Å². The molecule has 1 unspecified atom stereocenters. The monoisotopic (exact) mass is 362 g/mol. The van der Waals surface area contributed by atoms with Gasteiger partial charge in [-0.3, -0.25) is 24.6 Å². The average Bonchev–Trinajstić information content (AvgIpc) is 3.13. The van der Waals surface area contributed by atoms with Crippen molar-refractivity contribution in [3.8, 4) is 11.3 Å². The first-order valence-corrected chi connectivity index (χ1v) is 9.19. The van der Waals surface area contributed by atoms with E-state index in [2.05, 4.69) is 25.0 Å². The van der Waals surface area contributed by atoms with E-state index in [1.807, 2.05) is 25.3 Å². The smallest absolute Gasteiger partial charge is 0.266 e. The van der Waals surface area contributed by atoms with Crippen molar-refractivity contribution in [3.63, 3.8) is 0 Å². The quantitative estimate of drug-likeness (QED) is 0.691. The molecule has 7 heteroatoms. The molecule has 0 aromatic carbocycles. The van der Waals surface area contributed by atoms with E-state index in [0.29, 0.717) is 6.54 Å². The van der Waals surface area contributed by atoms with Crippen molar-refractivity contribution in [2.24, 2.45) is 0 Å². The van der Waals surface area contributed by atoms with Gasteiger partial charge in [0, 0.05) is 49.0 Å². The average molecular weight is 362 g/mol. The number of aromatic nitrogens is 5. The molecule has 0 amide bonds. The summed E-state index contributed by atoms with van der Waals surface area (Å²) in [6, 6.07) is 7.42. The summed E-state index contributed by atoms with van der Waals surface area (Å²) < 4.78 is 1.58. The van der Waals surface area contributed by atoms with Crippen LogP contribution in [0.3, 0.4) is 0 Å². The van der Waals surface area contributed by atoms with Gasteiger partial charge >= 0.3 is 0 Å². The molecule has 1 saturated heterocycles. The van der Waals surface area contributed by atoms with Crippen LogP contribution in [-0.4, -0.2) is 42.2 Å². The Hall–Kier alpha value is -2.93. The van der Waals surface area contributed by atoms with Gasteiger partial charge in [-0.1, -0.05) is 0 Å². The molecule has 0 bridgehead atoms. The predicted octanol–water partition coefficient (Wildman–Crippen LogP) is 2.07. The van der Waals surface area contributed by atoms with E-state index in [0.717, 1.165) is 48.6 Å². The van der Waals surface area contributed by atoms with Gasteiger partial charge in [-0.25, -0.2) is 4.68 Å². The van der Waals surface area contributed by atoms with Gasteiger partial charge in [0.15, 0.2) is 0 Å². The largest absolute Gasteiger partial charge is 0.293 e. The molecule has 27 heavy (non-hydrogen) atoms. The highest BCUT2D eigenvalue weighted by Gasteiger charge is 2.26. The molecular formula is C20H22N6O. The molecule has 0 radical (unpaired) electrons. The highest BCUT2D eigenvalue weighted by Crippen LogP contribution is 2.21. The van der Waals surface area contributed by atoms with Gasteiger partial charge in [0.25, 0.3) is 5.56 Å². The lowest BCUT2D eigenvalue weighted by Crippen LogP contribution is -2.36. The maximum Gasteiger partial charge on any atom is 0.266 e. The number of pyridine rings is 1. The summed E-state index contributed by atoms with van der Waals surface area (Å²) in [5.74, 6) is 0. The van der Waals surface area contributed by atoms with Gasteiger partial charge in [-0.05, 0) is 44.5 Å². The predicted molar refractivity (Wildman–Crippen MR) is 102 cm³/mol. The van der Waals surface area contributed by atoms with Gasteiger partial charge in [0.1, 0.15) is 0 Å². The Morgan fingerprint density at radius 1 is 1.15 bits per heavy atom. The first-order chi connectivity index (χ1) is 13.2. The van der Waals surface area contributed by atoms with Crippen molar-refractivity contribution in [2.75, 3.05) is 6.54 Å². The van der Waals surface area contributed by atoms with Crippen molar-refractivity contribution in [1.82, 2.24) is 29.6 Å². The van der Waals surface area contributed by atoms with Crippen LogP contribution in [0.5, 0.6) is 0 Å². The van der Waals surface area contributed by atoms with Crippen LogP contribution >= 0.6 is 0 Å². The third-order valence-electron chi connectivity index (χ3n) is 4.91. The summed E-state index contributed by atoms with van der Waals surface area (Å²) in [6.45, 7) is 4.25. The lowest BCUT2D eigenvalue weighted by molar-refractivity contribution is 0.214. The minimum absolute atomic E-state index is 0.0791. The SMILES string of the molecule is Cc1cnc(CN2CCCC2Cn2nc(-c3cccnc3)ccc2=O)cn1. The number of hydrogen-bond donors (Lipinski definition) is 0. The summed E-state index contributed by atoms with van der Waals surface area (Å²) >= 11 is 0. The zero-order valence-electron chi connectivity index (χ0n) is 15.3. The number of likely N-dealkylation sites (tertiary alicyclic amines) is 1. The number of hydrogen-bond acceptors (Lipinski definition) is 6. The minimum Gasteiger partial charge on any atom is -0.293 e. The van der Waals surface area contributed by atoms with E-state index < -0.39 is 0 Å². The van der Waals surface area contributed by atoms with Crippen LogP contribution in [0.15, 0.2) is 53.8 Å². The lowest BCUT2D eigenvalue weighted by atomic mass is 10.2. The molecule has 1 fully saturated rings. The number of rotatable bonds is 5. The minimum atomic E-state index is -0.0791. The molecule has 0 saturated carbocycles. The van der Waals surface area contributed by atoms with Crippen molar-refractivity contribution >= 4 is 0 Å². The van der Waals surface area contributed by atoms with Gasteiger partial charge in [-0.2, -0.15) is 5.10 Å². The molecule has 7 nitrogen and oxygen atoms in total. The van der Waals surface area contributed by atoms with E-state index in [1.54, 1.807) is 35.4 Å². The summed E-state index contributed by atoms with van der Waals surface area (Å²) in [4.78, 5) is 27.6. The standard InChI is InChI=1S/C20H22N6O/c1-15-10-23-17(12-22-15)13-25-9-3-5-18(25)14-26-20(27)7-6-19(24-26)16-4-2-8-21-11-16/h2,4,6-8,10-12,18H,3,5,9,13-14H2,1H3. The first-order valence-electron chi connectivity index (χ1n) is 9.19. The highest BCUT2D eigenvalue weighted by molar-refractivity contribution is 5.56. The zero-order valence-corrected chi connectivity index (χ0v) is 15.3. The Morgan fingerprint density at radius 2 is 2.07 bits per heavy atom. The second kappa shape index (κ2) is 7.75. The molecule has 3 aromatic heterocycles. The summed E-state index contributed by atoms with van der Waals surface area (Å²) in [5, 5.41) is 4.57. The Labute approximate surface area is 157 Å². The third-order valence-corrected chi connectivity index (χ3v) is 4.91. The Balaban J connectivity index is 1.52. The Kier molecular flexibility index (Phi) is 5.02. The molecule has 0 aliphatic carbocycles. The van der Waals surface area contributed by atoms with E-state index in [9.17, 15) is 4.79 Å². The zero-order chi connectivity index (χ0) is 18.6. The van der Waals surface area contributed by atoms with Gasteiger partial charge in [-0.15, -0.1) is 0 Å². The maximum absolute atomic E-state index is 12.3. The normalized spacial score (nSPS) is 17.3. The van der Waals surface area contributed by atoms with Crippen LogP contribution in [0.4, 0.5) is 0 Å². The lowest BCUT2D eigenvalue weighted by Gasteiger charge is -2.24. The van der Waals surface area contributed by atoms with E-state index >= 15 is 0 Å². The van der Waals surface area contributed by atoms with Crippen molar-refractivity contribution in [1.29, 1.82) is 0 Å². The summed E-state index contributed by atoms with van der Waals surface area (Å²) in [6.07, 6.45) is 9.27. The molecule has 3 aromatic rings. The molecule has 1 aliphatic rings. The van der Waals surface area contributed by atoms with Gasteiger partial charge in [0.2, 0.25) is 0 Å². The van der Waals surface area contributed by atoms with Crippen molar-refractivity contribution in [3.05, 3.63) is 70.8 Å². The Bertz CT molecular complexity index is 954. The first kappa shape index (κ1) is 17.5. The van der Waals surface area contributed by atoms with E-state index in [4.69, 9.17) is 0 Å². The summed E-state index contributed by atoms with van der Waals surface area (Å²) in [5.41, 5.74) is 3.46. The van der Waals surface area contributed by atoms with E-state index in [1.165, 1.54) is 0 Å². The third kappa shape index (κ3) is 4.09. The molecule has 1 atom stereocenters. The maximum atomic E-state index is 12.3. The second-order valence-corrected chi connectivity index (χ2v) is 6.90. The molecule has 0 spiro atoms. The fourth-order valence-corrected chi connectivity index (χ4v) is 3.47. The molecular weight excluding hydrogens is 340 g/mol. The topological polar surface area (TPSA) is 76.8 Å². The molecule has 4 heterocycles. The molecule has 4 rings (SSSR count). The number of aryl methyl sites for hydroxylation is 1. The van der Waals surface area contributed by atoms with Crippen LogP contribution in [0.25, 0.3) is 11.3 Å². The van der Waals surface area contributed by atoms with Crippen molar-refractivity contribution < 1.29 is 0 Å². The van der Waals surface area contributed by atoms with Crippen LogP contribution in [-0.2, 0) is 13.1 Å². The molecule has 0 N–H and O–H groups in total. The summed E-state index contributed by atoms with van der Waals surface area (Å²) in [7, 11) is 0. The Morgan fingerprint density at radius 3 is 2.85 bits per heavy atom. The van der Waals surface area contributed by atoms with E-state index in [-0.39, 0.29) is 11.6 Å². The fourth-order valence-electron chi connectivity index (χ4n) is 3.47. The fraction of sp³-hybridized carbons (Fsp3) is 0.350. The number of nitrogens with zero attached hydrogens (tertiary/aromatic N) is 6. The second-order valence-electron chi connectivity index (χ2n) is 6.90. The van der Waals surface area contributed by atoms with Gasteiger partial charge in [0.05, 0.1) is 23.6 Å². The molecule has 138 valence electrons. The van der Waals surface area contributed by atoms with Crippen LogP contribution in [0.2, 0.25) is 0 Å². The van der Waals surface area contributed by atoms with Crippen molar-refractivity contribution in [2.45, 2.75) is 38.9 Å². The highest BCUT2D eigenvalue weighted by atomic mass is 16.1. The molecule has 1 aliphatic heterocycles.